The molecule has 2 saturated heterocycles. The summed E-state index contributed by atoms with van der Waals surface area (Å²) in [6.45, 7) is 5.16. The lowest BCUT2D eigenvalue weighted by Crippen LogP contribution is -2.57. The van der Waals surface area contributed by atoms with Crippen LogP contribution < -0.4 is 27.1 Å². The Kier molecular flexibility index (Phi) is 7.19. The minimum atomic E-state index is -4.30. The summed E-state index contributed by atoms with van der Waals surface area (Å²) in [4.78, 5) is 12.6. The molecule has 1 amide bonds. The molecule has 1 aliphatic carbocycles. The molecule has 5 N–H and O–H groups in total. The van der Waals surface area contributed by atoms with Gasteiger partial charge in [-0.15, -0.1) is 0 Å². The number of nitrogens with one attached hydrogen (secondary N) is 5. The summed E-state index contributed by atoms with van der Waals surface area (Å²) >= 11 is 0. The molecule has 0 bridgehead atoms. The molecule has 0 spiro atoms. The number of rotatable bonds is 5. The molecule has 3 fully saturated rings. The smallest absolute Gasteiger partial charge is 0.352 e. The van der Waals surface area contributed by atoms with Crippen molar-refractivity contribution in [3.63, 3.8) is 0 Å². The average molecular weight is 406 g/mol. The van der Waals surface area contributed by atoms with Crippen molar-refractivity contribution in [3.05, 3.63) is 0 Å². The lowest BCUT2D eigenvalue weighted by Gasteiger charge is -2.37. The first-order valence-corrected chi connectivity index (χ1v) is 10.4. The first-order valence-electron chi connectivity index (χ1n) is 10.4. The molecule has 0 aromatic rings. The minimum absolute atomic E-state index is 0.0435. The molecule has 0 aromatic heterocycles. The van der Waals surface area contributed by atoms with Gasteiger partial charge in [0, 0.05) is 12.6 Å². The molecule has 0 aromatic carbocycles. The Morgan fingerprint density at radius 1 is 1.21 bits per heavy atom. The Morgan fingerprint density at radius 2 is 1.96 bits per heavy atom. The fourth-order valence-corrected chi connectivity index (χ4v) is 4.62. The predicted molar refractivity (Wildman–Crippen MR) is 99.2 cm³/mol. The summed E-state index contributed by atoms with van der Waals surface area (Å²) in [5.74, 6) is 0.644. The second-order valence-corrected chi connectivity index (χ2v) is 8.56. The van der Waals surface area contributed by atoms with Crippen LogP contribution in [0, 0.1) is 11.8 Å². The van der Waals surface area contributed by atoms with E-state index < -0.39 is 18.3 Å². The lowest BCUT2D eigenvalue weighted by atomic mass is 9.78. The molecule has 2 heterocycles. The van der Waals surface area contributed by atoms with Crippen LogP contribution in [0.1, 0.15) is 58.8 Å². The number of nitrogens with zero attached hydrogens (tertiary/aromatic N) is 1. The number of hydrogen-bond acceptors (Lipinski definition) is 6. The number of piperidine rings is 1. The van der Waals surface area contributed by atoms with Crippen LogP contribution in [0.3, 0.4) is 0 Å². The van der Waals surface area contributed by atoms with E-state index in [4.69, 9.17) is 0 Å². The maximum Gasteiger partial charge on any atom is 0.403 e. The third kappa shape index (κ3) is 5.56. The van der Waals surface area contributed by atoms with E-state index in [1.807, 2.05) is 0 Å². The molecular formula is C18H33F3N6O. The van der Waals surface area contributed by atoms with E-state index in [0.717, 1.165) is 32.2 Å². The largest absolute Gasteiger partial charge is 0.403 e. The van der Waals surface area contributed by atoms with Crippen molar-refractivity contribution in [2.24, 2.45) is 11.8 Å². The maximum atomic E-state index is 13.0. The van der Waals surface area contributed by atoms with Crippen molar-refractivity contribution in [1.29, 1.82) is 0 Å². The highest BCUT2D eigenvalue weighted by molar-refractivity contribution is 5.82. The number of carbonyl (C=O) groups excluding carboxylic acids is 1. The van der Waals surface area contributed by atoms with Gasteiger partial charge in [0.25, 0.3) is 0 Å². The Morgan fingerprint density at radius 3 is 2.64 bits per heavy atom. The van der Waals surface area contributed by atoms with Crippen LogP contribution in [0.15, 0.2) is 0 Å². The molecule has 7 nitrogen and oxygen atoms in total. The SMILES string of the molecule is CC(CN1NNNC1C)C1CCCC(NC(=O)C2CCCC(C(F)(F)F)N2)C1. The highest BCUT2D eigenvalue weighted by atomic mass is 19.4. The van der Waals surface area contributed by atoms with Gasteiger partial charge in [-0.05, 0) is 57.3 Å². The standard InChI is InChI=1S/C18H33F3N6O/c1-11(10-27-12(2)24-25-26-27)13-5-3-6-14(9-13)22-17(28)15-7-4-8-16(23-15)18(19,20)21/h11-16,23-26H,3-10H2,1-2H3,(H,22,28). The molecule has 6 unspecified atom stereocenters. The maximum absolute atomic E-state index is 13.0. The van der Waals surface area contributed by atoms with Gasteiger partial charge in [-0.3, -0.25) is 10.1 Å². The van der Waals surface area contributed by atoms with Gasteiger partial charge in [-0.2, -0.15) is 24.2 Å². The molecule has 10 heteroatoms. The highest BCUT2D eigenvalue weighted by Gasteiger charge is 2.43. The van der Waals surface area contributed by atoms with Crippen molar-refractivity contribution >= 4 is 5.91 Å². The molecule has 1 saturated carbocycles. The second-order valence-electron chi connectivity index (χ2n) is 8.56. The van der Waals surface area contributed by atoms with Crippen molar-refractivity contribution < 1.29 is 18.0 Å². The van der Waals surface area contributed by atoms with Gasteiger partial charge < -0.3 is 5.32 Å². The number of hydrogen-bond donors (Lipinski definition) is 5. The summed E-state index contributed by atoms with van der Waals surface area (Å²) in [6, 6.07) is -2.28. The van der Waals surface area contributed by atoms with Crippen LogP contribution >= 0.6 is 0 Å². The topological polar surface area (TPSA) is 80.5 Å². The summed E-state index contributed by atoms with van der Waals surface area (Å²) < 4.78 is 38.9. The summed E-state index contributed by atoms with van der Waals surface area (Å²) in [6.07, 6.45) is 0.749. The normalized spacial score (nSPS) is 36.2. The highest BCUT2D eigenvalue weighted by Crippen LogP contribution is 2.32. The van der Waals surface area contributed by atoms with Crippen LogP contribution in [0.2, 0.25) is 0 Å². The van der Waals surface area contributed by atoms with Gasteiger partial charge in [-0.1, -0.05) is 13.3 Å². The van der Waals surface area contributed by atoms with Crippen LogP contribution in [-0.4, -0.2) is 47.9 Å². The fourth-order valence-electron chi connectivity index (χ4n) is 4.62. The number of alkyl halides is 3. The number of hydrazine groups is 3. The monoisotopic (exact) mass is 406 g/mol. The van der Waals surface area contributed by atoms with Gasteiger partial charge in [0.1, 0.15) is 6.04 Å². The van der Waals surface area contributed by atoms with Gasteiger partial charge in [0.15, 0.2) is 0 Å². The Bertz CT molecular complexity index is 534. The van der Waals surface area contributed by atoms with Gasteiger partial charge in [0.05, 0.1) is 12.2 Å². The van der Waals surface area contributed by atoms with Crippen molar-refractivity contribution in [2.45, 2.75) is 89.3 Å². The van der Waals surface area contributed by atoms with Crippen LogP contribution in [0.5, 0.6) is 0 Å². The van der Waals surface area contributed by atoms with E-state index in [1.54, 1.807) is 0 Å². The Balaban J connectivity index is 1.48. The van der Waals surface area contributed by atoms with Crippen molar-refractivity contribution in [2.75, 3.05) is 6.54 Å². The van der Waals surface area contributed by atoms with E-state index in [-0.39, 0.29) is 24.5 Å². The zero-order chi connectivity index (χ0) is 20.3. The third-order valence-electron chi connectivity index (χ3n) is 6.40. The van der Waals surface area contributed by atoms with E-state index in [2.05, 4.69) is 46.0 Å². The van der Waals surface area contributed by atoms with Crippen molar-refractivity contribution in [1.82, 2.24) is 32.1 Å². The van der Waals surface area contributed by atoms with Crippen LogP contribution in [-0.2, 0) is 4.79 Å². The lowest BCUT2D eigenvalue weighted by molar-refractivity contribution is -0.164. The molecule has 3 aliphatic rings. The molecule has 162 valence electrons. The van der Waals surface area contributed by atoms with Gasteiger partial charge >= 0.3 is 6.18 Å². The van der Waals surface area contributed by atoms with E-state index in [1.165, 1.54) is 0 Å². The molecule has 0 radical (unpaired) electrons. The van der Waals surface area contributed by atoms with E-state index in [9.17, 15) is 18.0 Å². The van der Waals surface area contributed by atoms with Crippen LogP contribution in [0.25, 0.3) is 0 Å². The molecular weight excluding hydrogens is 373 g/mol. The minimum Gasteiger partial charge on any atom is -0.352 e. The molecule has 28 heavy (non-hydrogen) atoms. The molecule has 2 aliphatic heterocycles. The number of halogens is 3. The predicted octanol–water partition coefficient (Wildman–Crippen LogP) is 1.55. The first-order chi connectivity index (χ1) is 13.2. The Labute approximate surface area is 164 Å². The zero-order valence-corrected chi connectivity index (χ0v) is 16.6. The molecule has 6 atom stereocenters. The summed E-state index contributed by atoms with van der Waals surface area (Å²) in [7, 11) is 0. The third-order valence-corrected chi connectivity index (χ3v) is 6.40. The quantitative estimate of drug-likeness (QED) is 0.477. The van der Waals surface area contributed by atoms with E-state index >= 15 is 0 Å². The number of carbonyl (C=O) groups is 1. The van der Waals surface area contributed by atoms with Crippen LogP contribution in [0.4, 0.5) is 13.2 Å². The Hall–Kier alpha value is -0.940. The second kappa shape index (κ2) is 9.25. The fraction of sp³-hybridized carbons (Fsp3) is 0.944. The summed E-state index contributed by atoms with van der Waals surface area (Å²) in [5.41, 5.74) is 9.06. The van der Waals surface area contributed by atoms with E-state index in [0.29, 0.717) is 24.7 Å². The first kappa shape index (κ1) is 21.8. The average Bonchev–Trinajstić information content (AvgIpc) is 3.06. The molecule has 3 rings (SSSR count). The van der Waals surface area contributed by atoms with Gasteiger partial charge in [-0.25, -0.2) is 10.4 Å². The zero-order valence-electron chi connectivity index (χ0n) is 16.6. The van der Waals surface area contributed by atoms with Gasteiger partial charge in [0.2, 0.25) is 5.91 Å². The van der Waals surface area contributed by atoms with Crippen molar-refractivity contribution in [3.8, 4) is 0 Å². The summed E-state index contributed by atoms with van der Waals surface area (Å²) in [5, 5.41) is 7.64. The number of amides is 1.